The number of nitrogens with zero attached hydrogens (tertiary/aromatic N) is 2. The molecular weight excluding hydrogens is 315 g/mol. The number of fused-ring (bicyclic) bond motifs is 3. The van der Waals surface area contributed by atoms with Crippen LogP contribution in [0.4, 0.5) is 10.1 Å². The Labute approximate surface area is 136 Å². The monoisotopic (exact) mass is 328 g/mol. The predicted octanol–water partition coefficient (Wildman–Crippen LogP) is 2.63. The predicted molar refractivity (Wildman–Crippen MR) is 85.4 cm³/mol. The van der Waals surface area contributed by atoms with E-state index in [4.69, 9.17) is 0 Å². The number of thioether (sulfide) groups is 1. The first-order valence-electron chi connectivity index (χ1n) is 7.24. The standard InChI is InChI=1S/C17H13FN2O2S/c18-12-7-5-11(6-8-12)9-19-10-15(21)20-13-3-1-2-4-14(13)23-17(20)16(19)22/h1-8,17H,9-10H2. The molecular formula is C17H13FN2O2S. The first kappa shape index (κ1) is 14.3. The third-order valence-electron chi connectivity index (χ3n) is 4.00. The number of carbonyl (C=O) groups is 2. The lowest BCUT2D eigenvalue weighted by molar-refractivity contribution is -0.139. The van der Waals surface area contributed by atoms with E-state index in [-0.39, 0.29) is 24.2 Å². The normalized spacial score (nSPS) is 19.8. The fraction of sp³-hybridized carbons (Fsp3) is 0.176. The Morgan fingerprint density at radius 1 is 1.09 bits per heavy atom. The van der Waals surface area contributed by atoms with Crippen molar-refractivity contribution in [1.29, 1.82) is 0 Å². The molecule has 0 spiro atoms. The maximum absolute atomic E-state index is 13.0. The molecule has 2 aromatic carbocycles. The van der Waals surface area contributed by atoms with Gasteiger partial charge in [0.15, 0.2) is 5.37 Å². The van der Waals surface area contributed by atoms with E-state index in [0.717, 1.165) is 16.1 Å². The van der Waals surface area contributed by atoms with Crippen LogP contribution in [0.5, 0.6) is 0 Å². The van der Waals surface area contributed by atoms with E-state index in [1.54, 1.807) is 17.0 Å². The third kappa shape index (κ3) is 2.39. The van der Waals surface area contributed by atoms with E-state index >= 15 is 0 Å². The van der Waals surface area contributed by atoms with Crippen molar-refractivity contribution in [3.05, 3.63) is 59.9 Å². The van der Waals surface area contributed by atoms with Crippen molar-refractivity contribution < 1.29 is 14.0 Å². The van der Waals surface area contributed by atoms with Gasteiger partial charge in [0.2, 0.25) is 5.91 Å². The highest BCUT2D eigenvalue weighted by Crippen LogP contribution is 2.45. The molecule has 2 aromatic rings. The lowest BCUT2D eigenvalue weighted by Crippen LogP contribution is -2.57. The Kier molecular flexibility index (Phi) is 3.34. The van der Waals surface area contributed by atoms with Crippen LogP contribution in [-0.4, -0.2) is 28.6 Å². The minimum absolute atomic E-state index is 0.0433. The van der Waals surface area contributed by atoms with E-state index in [1.807, 2.05) is 24.3 Å². The molecule has 2 amide bonds. The number of amides is 2. The summed E-state index contributed by atoms with van der Waals surface area (Å²) in [6.07, 6.45) is 0. The first-order valence-corrected chi connectivity index (χ1v) is 8.12. The minimum Gasteiger partial charge on any atom is -0.326 e. The number of halogens is 1. The summed E-state index contributed by atoms with van der Waals surface area (Å²) in [6.45, 7) is 0.355. The van der Waals surface area contributed by atoms with Crippen molar-refractivity contribution in [2.75, 3.05) is 11.4 Å². The van der Waals surface area contributed by atoms with Crippen molar-refractivity contribution >= 4 is 29.3 Å². The fourth-order valence-corrected chi connectivity index (χ4v) is 4.17. The van der Waals surface area contributed by atoms with Gasteiger partial charge < -0.3 is 4.90 Å². The summed E-state index contributed by atoms with van der Waals surface area (Å²) in [5.41, 5.74) is 1.61. The molecule has 0 bridgehead atoms. The second-order valence-electron chi connectivity index (χ2n) is 5.52. The van der Waals surface area contributed by atoms with Crippen molar-refractivity contribution in [3.63, 3.8) is 0 Å². The summed E-state index contributed by atoms with van der Waals surface area (Å²) in [7, 11) is 0. The Balaban J connectivity index is 1.59. The number of carbonyl (C=O) groups excluding carboxylic acids is 2. The zero-order valence-corrected chi connectivity index (χ0v) is 12.9. The molecule has 1 saturated heterocycles. The average molecular weight is 328 g/mol. The molecule has 0 N–H and O–H groups in total. The van der Waals surface area contributed by atoms with Crippen LogP contribution < -0.4 is 4.90 Å². The topological polar surface area (TPSA) is 40.6 Å². The lowest BCUT2D eigenvalue weighted by atomic mass is 10.1. The first-order chi connectivity index (χ1) is 11.1. The Bertz CT molecular complexity index is 793. The largest absolute Gasteiger partial charge is 0.326 e. The highest BCUT2D eigenvalue weighted by Gasteiger charge is 2.45. The van der Waals surface area contributed by atoms with Gasteiger partial charge in [-0.1, -0.05) is 36.0 Å². The van der Waals surface area contributed by atoms with Crippen molar-refractivity contribution in [3.8, 4) is 0 Å². The summed E-state index contributed by atoms with van der Waals surface area (Å²) < 4.78 is 13.0. The SMILES string of the molecule is O=C1C2Sc3ccccc3N2C(=O)CN1Cc1ccc(F)cc1. The van der Waals surface area contributed by atoms with Gasteiger partial charge in [0.25, 0.3) is 5.91 Å². The maximum atomic E-state index is 13.0. The van der Waals surface area contributed by atoms with Crippen LogP contribution in [0, 0.1) is 5.82 Å². The molecule has 0 aliphatic carbocycles. The van der Waals surface area contributed by atoms with Gasteiger partial charge in [-0.2, -0.15) is 0 Å². The van der Waals surface area contributed by atoms with E-state index < -0.39 is 5.37 Å². The second kappa shape index (κ2) is 5.38. The molecule has 116 valence electrons. The molecule has 0 saturated carbocycles. The number of benzene rings is 2. The van der Waals surface area contributed by atoms with Crippen LogP contribution in [-0.2, 0) is 16.1 Å². The van der Waals surface area contributed by atoms with Crippen LogP contribution in [0.15, 0.2) is 53.4 Å². The van der Waals surface area contributed by atoms with Crippen LogP contribution >= 0.6 is 11.8 Å². The molecule has 23 heavy (non-hydrogen) atoms. The molecule has 6 heteroatoms. The zero-order chi connectivity index (χ0) is 16.0. The second-order valence-corrected chi connectivity index (χ2v) is 6.64. The van der Waals surface area contributed by atoms with Gasteiger partial charge >= 0.3 is 0 Å². The van der Waals surface area contributed by atoms with Crippen molar-refractivity contribution in [1.82, 2.24) is 4.90 Å². The Hall–Kier alpha value is -2.34. The van der Waals surface area contributed by atoms with Gasteiger partial charge in [0, 0.05) is 11.4 Å². The smallest absolute Gasteiger partial charge is 0.257 e. The van der Waals surface area contributed by atoms with E-state index in [0.29, 0.717) is 6.54 Å². The van der Waals surface area contributed by atoms with E-state index in [2.05, 4.69) is 0 Å². The van der Waals surface area contributed by atoms with Crippen LogP contribution in [0.1, 0.15) is 5.56 Å². The van der Waals surface area contributed by atoms with Crippen LogP contribution in [0.2, 0.25) is 0 Å². The number of hydrogen-bond acceptors (Lipinski definition) is 3. The van der Waals surface area contributed by atoms with Gasteiger partial charge in [-0.15, -0.1) is 0 Å². The van der Waals surface area contributed by atoms with Gasteiger partial charge in [0.1, 0.15) is 12.4 Å². The van der Waals surface area contributed by atoms with Gasteiger partial charge in [-0.05, 0) is 29.8 Å². The molecule has 0 radical (unpaired) electrons. The molecule has 0 aromatic heterocycles. The molecule has 1 fully saturated rings. The number of hydrogen-bond donors (Lipinski definition) is 0. The Morgan fingerprint density at radius 3 is 2.61 bits per heavy atom. The molecule has 2 aliphatic rings. The van der Waals surface area contributed by atoms with Crippen molar-refractivity contribution in [2.24, 2.45) is 0 Å². The molecule has 2 aliphatic heterocycles. The number of piperazine rings is 1. The summed E-state index contributed by atoms with van der Waals surface area (Å²) in [5.74, 6) is -0.493. The number of rotatable bonds is 2. The zero-order valence-electron chi connectivity index (χ0n) is 12.1. The summed E-state index contributed by atoms with van der Waals surface area (Å²) >= 11 is 1.40. The third-order valence-corrected chi connectivity index (χ3v) is 5.24. The van der Waals surface area contributed by atoms with Gasteiger partial charge in [-0.25, -0.2) is 4.39 Å². The highest BCUT2D eigenvalue weighted by molar-refractivity contribution is 8.01. The van der Waals surface area contributed by atoms with Crippen LogP contribution in [0.25, 0.3) is 0 Å². The van der Waals surface area contributed by atoms with Gasteiger partial charge in [0.05, 0.1) is 5.69 Å². The average Bonchev–Trinajstić information content (AvgIpc) is 2.94. The fourth-order valence-electron chi connectivity index (χ4n) is 2.90. The molecule has 1 unspecified atom stereocenters. The number of anilines is 1. The van der Waals surface area contributed by atoms with E-state index in [1.165, 1.54) is 28.8 Å². The summed E-state index contributed by atoms with van der Waals surface area (Å²) in [6, 6.07) is 13.5. The summed E-state index contributed by atoms with van der Waals surface area (Å²) in [4.78, 5) is 29.3. The molecule has 4 nitrogen and oxygen atoms in total. The van der Waals surface area contributed by atoms with E-state index in [9.17, 15) is 14.0 Å². The number of para-hydroxylation sites is 1. The lowest BCUT2D eigenvalue weighted by Gasteiger charge is -2.35. The summed E-state index contributed by atoms with van der Waals surface area (Å²) in [5, 5.41) is -0.533. The highest BCUT2D eigenvalue weighted by atomic mass is 32.2. The molecule has 4 rings (SSSR count). The molecule has 2 heterocycles. The van der Waals surface area contributed by atoms with Crippen molar-refractivity contribution in [2.45, 2.75) is 16.8 Å². The Morgan fingerprint density at radius 2 is 1.83 bits per heavy atom. The van der Waals surface area contributed by atoms with Gasteiger partial charge in [-0.3, -0.25) is 14.5 Å². The van der Waals surface area contributed by atoms with Crippen LogP contribution in [0.3, 0.4) is 0 Å². The quantitative estimate of drug-likeness (QED) is 0.851. The molecule has 1 atom stereocenters. The minimum atomic E-state index is -0.533. The maximum Gasteiger partial charge on any atom is 0.257 e.